The zero-order chi connectivity index (χ0) is 22.8. The number of halogens is 3. The predicted octanol–water partition coefficient (Wildman–Crippen LogP) is 1.02. The highest BCUT2D eigenvalue weighted by Gasteiger charge is 2.33. The minimum Gasteiger partial charge on any atom is -0.384 e. The number of alkyl halides is 3. The second-order valence-corrected chi connectivity index (χ2v) is 6.85. The lowest BCUT2D eigenvalue weighted by molar-refractivity contribution is -0.137. The van der Waals surface area contributed by atoms with E-state index in [0.717, 1.165) is 17.0 Å². The monoisotopic (exact) mass is 436 g/mol. The molecule has 0 bridgehead atoms. The number of amides is 2. The quantitative estimate of drug-likeness (QED) is 0.627. The van der Waals surface area contributed by atoms with Crippen LogP contribution >= 0.6 is 0 Å². The number of Topliss-reactive ketones (excluding diaryl/α,β-unsaturated/α-hetero) is 1. The largest absolute Gasteiger partial charge is 0.416 e. The van der Waals surface area contributed by atoms with Crippen LogP contribution < -0.4 is 16.0 Å². The normalized spacial score (nSPS) is 14.5. The Kier molecular flexibility index (Phi) is 5.99. The molecule has 2 heterocycles. The van der Waals surface area contributed by atoms with Gasteiger partial charge >= 0.3 is 6.18 Å². The van der Waals surface area contributed by atoms with Crippen molar-refractivity contribution < 1.29 is 27.6 Å². The molecule has 0 fully saturated rings. The molecule has 0 saturated heterocycles. The van der Waals surface area contributed by atoms with Crippen LogP contribution in [0.5, 0.6) is 0 Å². The van der Waals surface area contributed by atoms with Gasteiger partial charge in [-0.15, -0.1) is 0 Å². The fraction of sp³-hybridized carbons (Fsp3) is 0.263. The molecule has 0 radical (unpaired) electrons. The summed E-state index contributed by atoms with van der Waals surface area (Å²) in [5.74, 6) is -0.909. The van der Waals surface area contributed by atoms with Gasteiger partial charge in [0.15, 0.2) is 11.5 Å². The summed E-state index contributed by atoms with van der Waals surface area (Å²) in [6, 6.07) is 6.20. The van der Waals surface area contributed by atoms with Crippen LogP contribution in [0.3, 0.4) is 0 Å². The molecule has 1 aliphatic heterocycles. The summed E-state index contributed by atoms with van der Waals surface area (Å²) in [4.78, 5) is 38.0. The third kappa shape index (κ3) is 4.85. The first kappa shape index (κ1) is 21.9. The molecule has 3 rings (SSSR count). The van der Waals surface area contributed by atoms with E-state index in [1.165, 1.54) is 40.9 Å². The number of carbonyl (C=O) groups excluding carboxylic acids is 3. The molecule has 12 heteroatoms. The number of nitrogens with two attached hydrogens (primary N) is 1. The average molecular weight is 436 g/mol. The number of aromatic nitrogens is 2. The fourth-order valence-electron chi connectivity index (χ4n) is 3.05. The van der Waals surface area contributed by atoms with Crippen molar-refractivity contribution in [3.05, 3.63) is 59.2 Å². The zero-order valence-electron chi connectivity index (χ0n) is 16.4. The first-order valence-electron chi connectivity index (χ1n) is 9.06. The Labute approximate surface area is 174 Å². The van der Waals surface area contributed by atoms with Crippen LogP contribution in [0, 0.1) is 0 Å². The van der Waals surface area contributed by atoms with E-state index in [9.17, 15) is 27.6 Å². The smallest absolute Gasteiger partial charge is 0.384 e. The second kappa shape index (κ2) is 8.50. The highest BCUT2D eigenvalue weighted by atomic mass is 19.4. The molecule has 2 aromatic rings. The number of nitrogens with one attached hydrogen (secondary N) is 1. The van der Waals surface area contributed by atoms with E-state index in [2.05, 4.69) is 10.4 Å². The number of hydrogen-bond acceptors (Lipinski definition) is 6. The molecular formula is C19H19F3N6O3. The van der Waals surface area contributed by atoms with Crippen molar-refractivity contribution in [3.8, 4) is 0 Å². The molecule has 0 unspecified atom stereocenters. The van der Waals surface area contributed by atoms with E-state index in [1.54, 1.807) is 0 Å². The van der Waals surface area contributed by atoms with Gasteiger partial charge in [0.25, 0.3) is 5.91 Å². The average Bonchev–Trinajstić information content (AvgIpc) is 3.14. The van der Waals surface area contributed by atoms with E-state index in [4.69, 9.17) is 5.73 Å². The Bertz CT molecular complexity index is 1050. The van der Waals surface area contributed by atoms with Crippen molar-refractivity contribution in [3.63, 3.8) is 0 Å². The van der Waals surface area contributed by atoms with Crippen molar-refractivity contribution in [2.75, 3.05) is 18.1 Å². The number of ketones is 1. The van der Waals surface area contributed by atoms with Crippen LogP contribution in [0.1, 0.15) is 18.1 Å². The molecule has 0 saturated carbocycles. The lowest BCUT2D eigenvalue weighted by atomic mass is 10.1. The Balaban J connectivity index is 1.84. The molecule has 2 amide bonds. The first-order chi connectivity index (χ1) is 14.6. The number of rotatable bonds is 7. The Morgan fingerprint density at radius 2 is 2.10 bits per heavy atom. The maximum absolute atomic E-state index is 12.9. The molecule has 9 nitrogen and oxygen atoms in total. The number of anilines is 1. The van der Waals surface area contributed by atoms with E-state index in [1.807, 2.05) is 0 Å². The van der Waals surface area contributed by atoms with Gasteiger partial charge in [-0.1, -0.05) is 12.1 Å². The van der Waals surface area contributed by atoms with Crippen LogP contribution in [0.4, 0.5) is 19.0 Å². The summed E-state index contributed by atoms with van der Waals surface area (Å²) in [6.07, 6.45) is -2.67. The van der Waals surface area contributed by atoms with Crippen LogP contribution in [-0.4, -0.2) is 46.0 Å². The van der Waals surface area contributed by atoms with Crippen molar-refractivity contribution in [2.24, 2.45) is 5.73 Å². The molecule has 164 valence electrons. The summed E-state index contributed by atoms with van der Waals surface area (Å²) in [5.41, 5.74) is 5.22. The number of carbonyl (C=O) groups is 3. The minimum atomic E-state index is -4.47. The van der Waals surface area contributed by atoms with Gasteiger partial charge in [-0.05, 0) is 24.6 Å². The molecule has 1 aliphatic rings. The summed E-state index contributed by atoms with van der Waals surface area (Å²) in [5, 5.41) is 6.91. The third-order valence-electron chi connectivity index (χ3n) is 4.44. The first-order valence-corrected chi connectivity index (χ1v) is 9.06. The molecule has 3 N–H and O–H groups in total. The maximum Gasteiger partial charge on any atom is 0.416 e. The summed E-state index contributed by atoms with van der Waals surface area (Å²) in [7, 11) is 0. The number of nitrogens with zero attached hydrogens (tertiary/aromatic N) is 4. The van der Waals surface area contributed by atoms with Crippen molar-refractivity contribution in [1.29, 1.82) is 0 Å². The minimum absolute atomic E-state index is 0.00440. The van der Waals surface area contributed by atoms with Gasteiger partial charge in [0.05, 0.1) is 25.3 Å². The molecule has 0 spiro atoms. The molecule has 0 atom stereocenters. The second-order valence-electron chi connectivity index (χ2n) is 6.85. The highest BCUT2D eigenvalue weighted by Crippen LogP contribution is 2.29. The zero-order valence-corrected chi connectivity index (χ0v) is 16.4. The van der Waals surface area contributed by atoms with Crippen molar-refractivity contribution >= 4 is 23.9 Å². The van der Waals surface area contributed by atoms with Crippen LogP contribution in [-0.2, 0) is 27.1 Å². The molecule has 0 aliphatic carbocycles. The third-order valence-corrected chi connectivity index (χ3v) is 4.44. The Morgan fingerprint density at radius 1 is 1.35 bits per heavy atom. The number of benzene rings is 1. The van der Waals surface area contributed by atoms with Gasteiger partial charge in [0, 0.05) is 12.3 Å². The van der Waals surface area contributed by atoms with Gasteiger partial charge in [-0.25, -0.2) is 0 Å². The highest BCUT2D eigenvalue weighted by molar-refractivity contribution is 6.04. The standard InChI is InChI=1S/C19H19F3N6O3/c1-12(30)8-26-10-24-17(23)16(18(26)31)28(11-29)15-5-6-27(25-15)9-13-3-2-4-14(7-13)19(20,21)22/h2-7,11,24H,8-10,23H2,1H3. The Hall–Kier alpha value is -3.83. The lowest BCUT2D eigenvalue weighted by Crippen LogP contribution is -2.52. The molecule has 1 aromatic carbocycles. The van der Waals surface area contributed by atoms with Gasteiger partial charge in [0.2, 0.25) is 6.41 Å². The predicted molar refractivity (Wildman–Crippen MR) is 103 cm³/mol. The Morgan fingerprint density at radius 3 is 2.74 bits per heavy atom. The maximum atomic E-state index is 12.9. The van der Waals surface area contributed by atoms with E-state index >= 15 is 0 Å². The SMILES string of the molecule is CC(=O)CN1CNC(N)=C(N(C=O)c2ccn(Cc3cccc(C(F)(F)F)c3)n2)C1=O. The van der Waals surface area contributed by atoms with Crippen LogP contribution in [0.25, 0.3) is 0 Å². The van der Waals surface area contributed by atoms with Crippen LogP contribution in [0.15, 0.2) is 48.0 Å². The summed E-state index contributed by atoms with van der Waals surface area (Å²) >= 11 is 0. The van der Waals surface area contributed by atoms with Crippen LogP contribution in [0.2, 0.25) is 0 Å². The summed E-state index contributed by atoms with van der Waals surface area (Å²) in [6.45, 7) is 1.17. The molecule has 31 heavy (non-hydrogen) atoms. The molecule has 1 aromatic heterocycles. The van der Waals surface area contributed by atoms with Crippen molar-refractivity contribution in [1.82, 2.24) is 20.0 Å². The fourth-order valence-corrected chi connectivity index (χ4v) is 3.05. The number of hydrogen-bond donors (Lipinski definition) is 2. The topological polar surface area (TPSA) is 114 Å². The van der Waals surface area contributed by atoms with Gasteiger partial charge in [-0.2, -0.15) is 18.3 Å². The molecular weight excluding hydrogens is 417 g/mol. The van der Waals surface area contributed by atoms with Gasteiger partial charge in [-0.3, -0.25) is 24.0 Å². The van der Waals surface area contributed by atoms with Gasteiger partial charge in [0.1, 0.15) is 11.6 Å². The summed E-state index contributed by atoms with van der Waals surface area (Å²) < 4.78 is 40.0. The van der Waals surface area contributed by atoms with Gasteiger partial charge < -0.3 is 16.0 Å². The van der Waals surface area contributed by atoms with Crippen molar-refractivity contribution in [2.45, 2.75) is 19.6 Å². The van der Waals surface area contributed by atoms with E-state index < -0.39 is 17.6 Å². The van der Waals surface area contributed by atoms with E-state index in [-0.39, 0.29) is 42.9 Å². The lowest BCUT2D eigenvalue weighted by Gasteiger charge is -2.32. The van der Waals surface area contributed by atoms with E-state index in [0.29, 0.717) is 12.0 Å².